The summed E-state index contributed by atoms with van der Waals surface area (Å²) in [6, 6.07) is 8.28. The molecule has 0 aliphatic heterocycles. The molecule has 0 bridgehead atoms. The van der Waals surface area contributed by atoms with Gasteiger partial charge in [-0.15, -0.1) is 11.6 Å². The number of nitrogens with one attached hydrogen (secondary N) is 1. The first kappa shape index (κ1) is 9.07. The second-order valence-corrected chi connectivity index (χ2v) is 2.54. The van der Waals surface area contributed by atoms with Crippen LogP contribution in [0.5, 0.6) is 0 Å². The van der Waals surface area contributed by atoms with Gasteiger partial charge in [-0.3, -0.25) is 4.99 Å². The van der Waals surface area contributed by atoms with Crippen LogP contribution in [0, 0.1) is 0 Å². The molecule has 0 heterocycles. The minimum absolute atomic E-state index is 0.313. The topological polar surface area (TPSA) is 24.4 Å². The van der Waals surface area contributed by atoms with Crippen LogP contribution in [0.25, 0.3) is 0 Å². The predicted octanol–water partition coefficient (Wildman–Crippen LogP) is 2.34. The van der Waals surface area contributed by atoms with Gasteiger partial charge >= 0.3 is 0 Å². The van der Waals surface area contributed by atoms with Crippen molar-refractivity contribution in [1.82, 2.24) is 0 Å². The van der Waals surface area contributed by atoms with E-state index in [9.17, 15) is 0 Å². The van der Waals surface area contributed by atoms with Crippen molar-refractivity contribution in [2.24, 2.45) is 4.99 Å². The van der Waals surface area contributed by atoms with E-state index < -0.39 is 0 Å². The molecule has 0 aliphatic rings. The first-order valence-electron chi connectivity index (χ1n) is 3.70. The predicted molar refractivity (Wildman–Crippen MR) is 54.3 cm³/mol. The van der Waals surface area contributed by atoms with Crippen LogP contribution in [0.4, 0.5) is 5.69 Å². The molecule has 0 spiro atoms. The van der Waals surface area contributed by atoms with Gasteiger partial charge in [-0.2, -0.15) is 0 Å². The largest absolute Gasteiger partial charge is 0.388 e. The molecule has 0 unspecified atom stereocenters. The van der Waals surface area contributed by atoms with Crippen LogP contribution in [-0.2, 0) is 0 Å². The second-order valence-electron chi connectivity index (χ2n) is 2.30. The van der Waals surface area contributed by atoms with Crippen molar-refractivity contribution in [2.75, 3.05) is 18.4 Å². The molecule has 0 amide bonds. The van der Waals surface area contributed by atoms with Gasteiger partial charge in [0.15, 0.2) is 0 Å². The van der Waals surface area contributed by atoms with Crippen LogP contribution >= 0.6 is 11.6 Å². The van der Waals surface area contributed by atoms with Crippen molar-refractivity contribution in [1.29, 1.82) is 0 Å². The number of benzene rings is 1. The maximum absolute atomic E-state index is 5.40. The van der Waals surface area contributed by atoms with E-state index in [2.05, 4.69) is 10.3 Å². The number of nitrogens with zero attached hydrogens (tertiary/aromatic N) is 1. The zero-order valence-corrected chi connectivity index (χ0v) is 7.67. The summed E-state index contributed by atoms with van der Waals surface area (Å²) in [6.07, 6.45) is 1.76. The van der Waals surface area contributed by atoms with E-state index in [1.807, 2.05) is 31.3 Å². The smallest absolute Gasteiger partial charge is 0.113 e. The zero-order chi connectivity index (χ0) is 8.81. The van der Waals surface area contributed by atoms with Gasteiger partial charge in [0.1, 0.15) is 6.00 Å². The van der Waals surface area contributed by atoms with E-state index in [1.54, 1.807) is 6.21 Å². The third kappa shape index (κ3) is 2.55. The lowest BCUT2D eigenvalue weighted by molar-refractivity contribution is 1.38. The van der Waals surface area contributed by atoms with E-state index in [4.69, 9.17) is 11.6 Å². The van der Waals surface area contributed by atoms with Crippen LogP contribution in [-0.4, -0.2) is 19.3 Å². The van der Waals surface area contributed by atoms with E-state index in [-0.39, 0.29) is 0 Å². The minimum Gasteiger partial charge on any atom is -0.388 e. The Morgan fingerprint density at radius 2 is 2.08 bits per heavy atom. The highest BCUT2D eigenvalue weighted by Gasteiger charge is 1.87. The van der Waals surface area contributed by atoms with Gasteiger partial charge in [0, 0.05) is 18.9 Å². The van der Waals surface area contributed by atoms with Crippen LogP contribution < -0.4 is 5.32 Å². The number of hydrogen-bond acceptors (Lipinski definition) is 2. The third-order valence-corrected chi connectivity index (χ3v) is 1.65. The number of anilines is 1. The van der Waals surface area contributed by atoms with Gasteiger partial charge in [-0.05, 0) is 17.7 Å². The van der Waals surface area contributed by atoms with Gasteiger partial charge in [-0.25, -0.2) is 0 Å². The molecule has 0 atom stereocenters. The van der Waals surface area contributed by atoms with E-state index in [0.717, 1.165) is 11.3 Å². The molecule has 64 valence electrons. The zero-order valence-electron chi connectivity index (χ0n) is 6.92. The molecule has 0 saturated heterocycles. The second kappa shape index (κ2) is 4.78. The van der Waals surface area contributed by atoms with E-state index in [1.165, 1.54) is 0 Å². The van der Waals surface area contributed by atoms with Gasteiger partial charge < -0.3 is 5.32 Å². The van der Waals surface area contributed by atoms with Crippen LogP contribution in [0.15, 0.2) is 29.3 Å². The summed E-state index contributed by atoms with van der Waals surface area (Å²) in [6.45, 7) is 0. The molecule has 1 aromatic rings. The Kier molecular flexibility index (Phi) is 3.61. The Hall–Kier alpha value is -1.02. The van der Waals surface area contributed by atoms with Crippen molar-refractivity contribution < 1.29 is 0 Å². The Morgan fingerprint density at radius 3 is 2.58 bits per heavy atom. The Labute approximate surface area is 77.3 Å². The molecule has 0 radical (unpaired) electrons. The molecular weight excluding hydrogens is 172 g/mol. The number of hydrogen-bond donors (Lipinski definition) is 1. The highest BCUT2D eigenvalue weighted by molar-refractivity contribution is 6.18. The lowest BCUT2D eigenvalue weighted by atomic mass is 10.2. The highest BCUT2D eigenvalue weighted by atomic mass is 35.5. The summed E-state index contributed by atoms with van der Waals surface area (Å²) in [5.74, 6) is 0. The lowest BCUT2D eigenvalue weighted by Gasteiger charge is -1.98. The number of alkyl halides is 1. The molecule has 0 aliphatic carbocycles. The molecule has 1 aromatic carbocycles. The van der Waals surface area contributed by atoms with Gasteiger partial charge in [0.2, 0.25) is 0 Å². The van der Waals surface area contributed by atoms with E-state index in [0.29, 0.717) is 6.00 Å². The molecular formula is C9H11ClN2. The molecule has 0 saturated carbocycles. The summed E-state index contributed by atoms with van der Waals surface area (Å²) >= 11 is 5.40. The molecule has 1 rings (SSSR count). The average molecular weight is 183 g/mol. The molecule has 2 nitrogen and oxygen atoms in total. The summed E-state index contributed by atoms with van der Waals surface area (Å²) in [4.78, 5) is 3.92. The molecule has 12 heavy (non-hydrogen) atoms. The fourth-order valence-electron chi connectivity index (χ4n) is 0.876. The maximum atomic E-state index is 5.40. The summed E-state index contributed by atoms with van der Waals surface area (Å²) in [7, 11) is 1.89. The van der Waals surface area contributed by atoms with Gasteiger partial charge in [-0.1, -0.05) is 12.1 Å². The van der Waals surface area contributed by atoms with Gasteiger partial charge in [0.05, 0.1) is 0 Å². The standard InChI is InChI=1S/C9H11ClN2/c1-11-9-4-2-8(3-5-9)6-12-7-10/h2-6,11H,7H2,1H3. The van der Waals surface area contributed by atoms with Crippen molar-refractivity contribution in [3.8, 4) is 0 Å². The van der Waals surface area contributed by atoms with Crippen molar-refractivity contribution >= 4 is 23.5 Å². The minimum atomic E-state index is 0.313. The fraction of sp³-hybridized carbons (Fsp3) is 0.222. The lowest BCUT2D eigenvalue weighted by Crippen LogP contribution is -1.88. The van der Waals surface area contributed by atoms with Crippen LogP contribution in [0.1, 0.15) is 5.56 Å². The molecule has 3 heteroatoms. The quantitative estimate of drug-likeness (QED) is 0.433. The first-order valence-corrected chi connectivity index (χ1v) is 4.24. The normalized spacial score (nSPS) is 10.5. The van der Waals surface area contributed by atoms with E-state index >= 15 is 0 Å². The Bertz CT molecular complexity index is 254. The summed E-state index contributed by atoms with van der Waals surface area (Å²) in [5.41, 5.74) is 2.16. The van der Waals surface area contributed by atoms with Crippen molar-refractivity contribution in [2.45, 2.75) is 0 Å². The molecule has 1 N–H and O–H groups in total. The highest BCUT2D eigenvalue weighted by Crippen LogP contribution is 2.06. The fourth-order valence-corrected chi connectivity index (χ4v) is 0.945. The molecule has 0 aromatic heterocycles. The molecule has 0 fully saturated rings. The first-order chi connectivity index (χ1) is 5.86. The maximum Gasteiger partial charge on any atom is 0.113 e. The monoisotopic (exact) mass is 182 g/mol. The van der Waals surface area contributed by atoms with Crippen LogP contribution in [0.2, 0.25) is 0 Å². The van der Waals surface area contributed by atoms with Crippen molar-refractivity contribution in [3.05, 3.63) is 29.8 Å². The third-order valence-electron chi connectivity index (χ3n) is 1.51. The summed E-state index contributed by atoms with van der Waals surface area (Å²) in [5, 5.41) is 3.04. The SMILES string of the molecule is CNc1ccc(C=NCCl)cc1. The Balaban J connectivity index is 2.71. The average Bonchev–Trinajstić information content (AvgIpc) is 2.15. The van der Waals surface area contributed by atoms with Crippen LogP contribution in [0.3, 0.4) is 0 Å². The number of aliphatic imine (C=N–C) groups is 1. The van der Waals surface area contributed by atoms with Gasteiger partial charge in [0.25, 0.3) is 0 Å². The summed E-state index contributed by atoms with van der Waals surface area (Å²) < 4.78 is 0. The number of halogens is 1. The van der Waals surface area contributed by atoms with Crippen molar-refractivity contribution in [3.63, 3.8) is 0 Å². The Morgan fingerprint density at radius 1 is 1.42 bits per heavy atom. The number of rotatable bonds is 3.